The van der Waals surface area contributed by atoms with Crippen molar-refractivity contribution in [2.24, 2.45) is 5.92 Å². The number of nitrogens with zero attached hydrogens (tertiary/aromatic N) is 1. The Hall–Kier alpha value is -1.29. The van der Waals surface area contributed by atoms with Crippen LogP contribution in [0.2, 0.25) is 5.02 Å². The van der Waals surface area contributed by atoms with Gasteiger partial charge < -0.3 is 5.32 Å². The van der Waals surface area contributed by atoms with E-state index in [-0.39, 0.29) is 10.7 Å². The van der Waals surface area contributed by atoms with Crippen LogP contribution in [-0.4, -0.2) is 11.0 Å². The minimum absolute atomic E-state index is 0.0197. The van der Waals surface area contributed by atoms with Crippen molar-refractivity contribution < 1.29 is 4.92 Å². The molecule has 0 radical (unpaired) electrons. The average molecular weight is 255 g/mol. The molecule has 5 heteroatoms. The van der Waals surface area contributed by atoms with Crippen LogP contribution < -0.4 is 5.32 Å². The summed E-state index contributed by atoms with van der Waals surface area (Å²) in [5.41, 5.74) is 0.510. The number of nitrogens with one attached hydrogen (secondary N) is 1. The summed E-state index contributed by atoms with van der Waals surface area (Å²) in [6, 6.07) is 5.31. The van der Waals surface area contributed by atoms with Crippen LogP contribution in [0.4, 0.5) is 11.4 Å². The van der Waals surface area contributed by atoms with Gasteiger partial charge in [0.2, 0.25) is 0 Å². The molecule has 0 amide bonds. The van der Waals surface area contributed by atoms with Crippen molar-refractivity contribution in [1.82, 2.24) is 0 Å². The molecule has 2 atom stereocenters. The Morgan fingerprint density at radius 1 is 1.47 bits per heavy atom. The molecular formula is C12H15ClN2O2. The topological polar surface area (TPSA) is 55.2 Å². The zero-order valence-electron chi connectivity index (χ0n) is 9.65. The van der Waals surface area contributed by atoms with Gasteiger partial charge >= 0.3 is 5.69 Å². The number of hydrogen-bond acceptors (Lipinski definition) is 3. The Bertz CT molecular complexity index is 437. The molecule has 1 aromatic rings. The average Bonchev–Trinajstić information content (AvgIpc) is 2.63. The lowest BCUT2D eigenvalue weighted by Crippen LogP contribution is -2.16. The second-order valence-corrected chi connectivity index (χ2v) is 5.06. The molecule has 1 N–H and O–H groups in total. The highest BCUT2D eigenvalue weighted by Crippen LogP contribution is 2.35. The summed E-state index contributed by atoms with van der Waals surface area (Å²) in [7, 11) is 0. The fraction of sp³-hybridized carbons (Fsp3) is 0.500. The molecule has 92 valence electrons. The number of nitro groups is 1. The Kier molecular flexibility index (Phi) is 3.52. The first-order chi connectivity index (χ1) is 8.08. The van der Waals surface area contributed by atoms with E-state index in [4.69, 9.17) is 11.6 Å². The first-order valence-corrected chi connectivity index (χ1v) is 6.15. The Balaban J connectivity index is 2.20. The van der Waals surface area contributed by atoms with Crippen molar-refractivity contribution in [1.29, 1.82) is 0 Å². The lowest BCUT2D eigenvalue weighted by atomic mass is 10.1. The predicted molar refractivity (Wildman–Crippen MR) is 68.5 cm³/mol. The largest absolute Gasteiger partial charge is 0.377 e. The second-order valence-electron chi connectivity index (χ2n) is 4.65. The first-order valence-electron chi connectivity index (χ1n) is 5.77. The molecule has 0 heterocycles. The molecular weight excluding hydrogens is 240 g/mol. The van der Waals surface area contributed by atoms with E-state index < -0.39 is 4.92 Å². The quantitative estimate of drug-likeness (QED) is 0.658. The Morgan fingerprint density at radius 3 is 2.82 bits per heavy atom. The van der Waals surface area contributed by atoms with Crippen LogP contribution in [0.5, 0.6) is 0 Å². The van der Waals surface area contributed by atoms with Crippen molar-refractivity contribution in [3.8, 4) is 0 Å². The third-order valence-electron chi connectivity index (χ3n) is 3.22. The summed E-state index contributed by atoms with van der Waals surface area (Å²) < 4.78 is 0. The second kappa shape index (κ2) is 4.92. The zero-order chi connectivity index (χ0) is 12.4. The third kappa shape index (κ3) is 2.69. The summed E-state index contributed by atoms with van der Waals surface area (Å²) in [4.78, 5) is 10.5. The van der Waals surface area contributed by atoms with Crippen molar-refractivity contribution in [3.63, 3.8) is 0 Å². The lowest BCUT2D eigenvalue weighted by Gasteiger charge is -2.14. The van der Waals surface area contributed by atoms with E-state index in [9.17, 15) is 10.1 Å². The van der Waals surface area contributed by atoms with E-state index in [2.05, 4.69) is 12.2 Å². The van der Waals surface area contributed by atoms with Crippen LogP contribution in [0.15, 0.2) is 18.2 Å². The first kappa shape index (κ1) is 12.2. The van der Waals surface area contributed by atoms with Crippen LogP contribution in [0.1, 0.15) is 26.2 Å². The maximum absolute atomic E-state index is 11.0. The molecule has 1 saturated carbocycles. The number of rotatable bonds is 3. The maximum Gasteiger partial charge on any atom is 0.310 e. The van der Waals surface area contributed by atoms with Crippen molar-refractivity contribution in [2.45, 2.75) is 32.2 Å². The third-order valence-corrected chi connectivity index (χ3v) is 3.53. The van der Waals surface area contributed by atoms with E-state index in [1.807, 2.05) is 0 Å². The zero-order valence-corrected chi connectivity index (χ0v) is 10.4. The van der Waals surface area contributed by atoms with Gasteiger partial charge in [-0.25, -0.2) is 0 Å². The SMILES string of the molecule is CC1CCC(Nc2cccc(Cl)c2[N+](=O)[O-])C1. The number of hydrogen-bond donors (Lipinski definition) is 1. The fourth-order valence-corrected chi connectivity index (χ4v) is 2.62. The van der Waals surface area contributed by atoms with Gasteiger partial charge in [-0.1, -0.05) is 24.6 Å². The standard InChI is InChI=1S/C12H15ClN2O2/c1-8-5-6-9(7-8)14-11-4-2-3-10(13)12(11)15(16)17/h2-4,8-9,14H,5-7H2,1H3. The Labute approximate surface area is 105 Å². The summed E-state index contributed by atoms with van der Waals surface area (Å²) in [5.74, 6) is 0.686. The van der Waals surface area contributed by atoms with Crippen LogP contribution in [0.3, 0.4) is 0 Å². The molecule has 1 fully saturated rings. The lowest BCUT2D eigenvalue weighted by molar-refractivity contribution is -0.383. The van der Waals surface area contributed by atoms with E-state index >= 15 is 0 Å². The monoisotopic (exact) mass is 254 g/mol. The van der Waals surface area contributed by atoms with Gasteiger partial charge in [-0.15, -0.1) is 0 Å². The number of nitro benzene ring substituents is 1. The molecule has 2 unspecified atom stereocenters. The number of halogens is 1. The smallest absolute Gasteiger partial charge is 0.310 e. The summed E-state index contributed by atoms with van der Waals surface area (Å²) in [6.07, 6.45) is 3.29. The molecule has 1 aliphatic rings. The molecule has 0 bridgehead atoms. The van der Waals surface area contributed by atoms with Gasteiger partial charge in [0, 0.05) is 6.04 Å². The summed E-state index contributed by atoms with van der Waals surface area (Å²) in [6.45, 7) is 2.20. The highest BCUT2D eigenvalue weighted by atomic mass is 35.5. The van der Waals surface area contributed by atoms with E-state index in [0.29, 0.717) is 17.6 Å². The number of para-hydroxylation sites is 1. The molecule has 1 aliphatic carbocycles. The molecule has 0 saturated heterocycles. The van der Waals surface area contributed by atoms with Crippen LogP contribution in [0.25, 0.3) is 0 Å². The van der Waals surface area contributed by atoms with Gasteiger partial charge in [-0.3, -0.25) is 10.1 Å². The van der Waals surface area contributed by atoms with E-state index in [1.54, 1.807) is 18.2 Å². The molecule has 2 rings (SSSR count). The fourth-order valence-electron chi connectivity index (χ4n) is 2.38. The van der Waals surface area contributed by atoms with Crippen molar-refractivity contribution in [2.75, 3.05) is 5.32 Å². The van der Waals surface area contributed by atoms with Gasteiger partial charge in [-0.05, 0) is 37.3 Å². The van der Waals surface area contributed by atoms with Gasteiger partial charge in [0.25, 0.3) is 0 Å². The van der Waals surface area contributed by atoms with Crippen molar-refractivity contribution in [3.05, 3.63) is 33.3 Å². The molecule has 0 aliphatic heterocycles. The Morgan fingerprint density at radius 2 is 2.24 bits per heavy atom. The molecule has 1 aromatic carbocycles. The van der Waals surface area contributed by atoms with Gasteiger partial charge in [0.05, 0.1) is 4.92 Å². The van der Waals surface area contributed by atoms with Gasteiger partial charge in [0.1, 0.15) is 10.7 Å². The number of anilines is 1. The van der Waals surface area contributed by atoms with Gasteiger partial charge in [0.15, 0.2) is 0 Å². The molecule has 4 nitrogen and oxygen atoms in total. The van der Waals surface area contributed by atoms with Crippen LogP contribution in [-0.2, 0) is 0 Å². The highest BCUT2D eigenvalue weighted by Gasteiger charge is 2.25. The highest BCUT2D eigenvalue weighted by molar-refractivity contribution is 6.33. The van der Waals surface area contributed by atoms with E-state index in [1.165, 1.54) is 6.42 Å². The minimum atomic E-state index is -0.428. The minimum Gasteiger partial charge on any atom is -0.377 e. The summed E-state index contributed by atoms with van der Waals surface area (Å²) in [5, 5.41) is 14.4. The van der Waals surface area contributed by atoms with Crippen LogP contribution >= 0.6 is 11.6 Å². The van der Waals surface area contributed by atoms with Crippen molar-refractivity contribution >= 4 is 23.0 Å². The van der Waals surface area contributed by atoms with E-state index in [0.717, 1.165) is 12.8 Å². The molecule has 17 heavy (non-hydrogen) atoms. The normalized spacial score (nSPS) is 23.6. The maximum atomic E-state index is 11.0. The predicted octanol–water partition coefficient (Wildman–Crippen LogP) is 3.85. The molecule has 0 aromatic heterocycles. The number of benzene rings is 1. The van der Waals surface area contributed by atoms with Gasteiger partial charge in [-0.2, -0.15) is 0 Å². The van der Waals surface area contributed by atoms with Crippen LogP contribution in [0, 0.1) is 16.0 Å². The molecule has 0 spiro atoms. The summed E-state index contributed by atoms with van der Waals surface area (Å²) >= 11 is 5.86.